The van der Waals surface area contributed by atoms with Gasteiger partial charge in [-0.15, -0.1) is 0 Å². The van der Waals surface area contributed by atoms with Crippen LogP contribution in [0.5, 0.6) is 11.5 Å². The number of unbranched alkanes of at least 4 members (excludes halogenated alkanes) is 14. The number of carbonyl (C=O) groups is 4. The van der Waals surface area contributed by atoms with E-state index in [0.717, 1.165) is 169 Å². The zero-order valence-electron chi connectivity index (χ0n) is 51.7. The van der Waals surface area contributed by atoms with Crippen LogP contribution in [0.4, 0.5) is 22.7 Å². The Bertz CT molecular complexity index is 2710. The highest BCUT2D eigenvalue weighted by Crippen LogP contribution is 2.36. The molecule has 4 aromatic carbocycles. The first kappa shape index (κ1) is 74.1. The van der Waals surface area contributed by atoms with Gasteiger partial charge in [-0.25, -0.2) is 0 Å². The molecule has 4 heterocycles. The molecule has 88 heavy (non-hydrogen) atoms. The van der Waals surface area contributed by atoms with Crippen molar-refractivity contribution >= 4 is 105 Å². The molecule has 0 aliphatic carbocycles. The van der Waals surface area contributed by atoms with Gasteiger partial charge in [0.1, 0.15) is 11.5 Å². The van der Waals surface area contributed by atoms with Gasteiger partial charge in [-0.2, -0.15) is 0 Å². The first-order valence-electron chi connectivity index (χ1n) is 32.2. The largest absolute Gasteiger partial charge is 0.494 e. The van der Waals surface area contributed by atoms with Gasteiger partial charge >= 0.3 is 11.9 Å². The van der Waals surface area contributed by atoms with Crippen molar-refractivity contribution in [3.63, 3.8) is 0 Å². The summed E-state index contributed by atoms with van der Waals surface area (Å²) in [7, 11) is 0. The third-order valence-corrected chi connectivity index (χ3v) is 18.1. The first-order chi connectivity index (χ1) is 42.4. The van der Waals surface area contributed by atoms with Crippen molar-refractivity contribution in [3.8, 4) is 11.5 Å². The topological polar surface area (TPSA) is 133 Å². The molecular formula is C69H99Cl5N6O8. The van der Waals surface area contributed by atoms with E-state index >= 15 is 0 Å². The summed E-state index contributed by atoms with van der Waals surface area (Å²) in [6.07, 6.45) is 24.0. The summed E-state index contributed by atoms with van der Waals surface area (Å²) in [4.78, 5) is 58.6. The first-order valence-corrected chi connectivity index (χ1v) is 34.2. The second kappa shape index (κ2) is 42.4. The van der Waals surface area contributed by atoms with Gasteiger partial charge in [-0.05, 0) is 112 Å². The number of hydrogen-bond acceptors (Lipinski definition) is 12. The predicted octanol–water partition coefficient (Wildman–Crippen LogP) is 17.3. The van der Waals surface area contributed by atoms with Crippen molar-refractivity contribution in [2.75, 3.05) is 111 Å². The number of halogens is 5. The fraction of sp³-hybridized carbons (Fsp3) is 0.594. The highest BCUT2D eigenvalue weighted by molar-refractivity contribution is 6.44. The van der Waals surface area contributed by atoms with Crippen molar-refractivity contribution in [3.05, 3.63) is 104 Å². The van der Waals surface area contributed by atoms with Gasteiger partial charge in [0.15, 0.2) is 12.8 Å². The molecule has 4 aromatic rings. The molecule has 0 aromatic heterocycles. The maximum atomic E-state index is 12.7. The standard InChI is InChI=1S/C34H47Cl2N3O4.C23H27Cl2N3O2.C11H21ClO2.CH4/c1-2-3-4-5-6-7-8-14-33(41)43-26-39-31-25-28(17-15-27(31)16-18-32(39)40)42-24-10-9-19-37-20-22-38(23-21-37)30-13-11-12-29(35)34(30)36;24-19-4-3-5-21(23(19)25)28-13-11-27(12-14-28)10-1-2-15-30-18-8-6-17-7-9-22(29)26-20(17)16-18;1-2-3-4-5-6-7-8-9-11(13)14-10-12;/h11-13,15,17,25H,2-10,14,16,18-24,26H2,1H3;3-6,8,16H,1-2,7,9-15H2,(H,26,29);2-10H2,1H3;1H4. The number of piperazine rings is 2. The molecule has 1 N–H and O–H groups in total. The number of fused-ring (bicyclic) bond motifs is 2. The molecule has 8 rings (SSSR count). The minimum absolute atomic E-state index is 0. The lowest BCUT2D eigenvalue weighted by atomic mass is 10.0. The quantitative estimate of drug-likeness (QED) is 0.0276. The summed E-state index contributed by atoms with van der Waals surface area (Å²) < 4.78 is 22.1. The zero-order chi connectivity index (χ0) is 62.0. The Kier molecular flexibility index (Phi) is 35.7. The van der Waals surface area contributed by atoms with Crippen LogP contribution in [0.3, 0.4) is 0 Å². The number of esters is 2. The molecule has 14 nitrogen and oxygen atoms in total. The van der Waals surface area contributed by atoms with Crippen LogP contribution in [-0.2, 0) is 41.5 Å². The van der Waals surface area contributed by atoms with E-state index in [-0.39, 0.29) is 44.0 Å². The summed E-state index contributed by atoms with van der Waals surface area (Å²) in [6, 6.07) is 23.5. The lowest BCUT2D eigenvalue weighted by molar-refractivity contribution is -0.144. The van der Waals surface area contributed by atoms with Gasteiger partial charge in [0.2, 0.25) is 11.8 Å². The van der Waals surface area contributed by atoms with Gasteiger partial charge in [0.05, 0.1) is 50.4 Å². The Hall–Kier alpha value is -4.67. The molecule has 0 bridgehead atoms. The summed E-state index contributed by atoms with van der Waals surface area (Å²) in [5, 5.41) is 5.40. The summed E-state index contributed by atoms with van der Waals surface area (Å²) in [5.41, 5.74) is 5.97. The Balaban J connectivity index is 0.000000271. The van der Waals surface area contributed by atoms with E-state index in [9.17, 15) is 19.2 Å². The fourth-order valence-corrected chi connectivity index (χ4v) is 12.1. The highest BCUT2D eigenvalue weighted by atomic mass is 35.5. The van der Waals surface area contributed by atoms with Crippen LogP contribution in [0.2, 0.25) is 20.1 Å². The van der Waals surface area contributed by atoms with Gasteiger partial charge in [0, 0.05) is 95.9 Å². The molecule has 0 unspecified atom stereocenters. The van der Waals surface area contributed by atoms with Gasteiger partial charge < -0.3 is 34.1 Å². The molecule has 0 atom stereocenters. The van der Waals surface area contributed by atoms with E-state index in [4.69, 9.17) is 72.2 Å². The van der Waals surface area contributed by atoms with Crippen molar-refractivity contribution in [2.24, 2.45) is 0 Å². The molecule has 2 saturated heterocycles. The number of ether oxygens (including phenoxy) is 4. The van der Waals surface area contributed by atoms with Crippen molar-refractivity contribution in [1.82, 2.24) is 9.80 Å². The van der Waals surface area contributed by atoms with Crippen LogP contribution in [0.25, 0.3) is 0 Å². The molecule has 0 spiro atoms. The number of nitrogens with zero attached hydrogens (tertiary/aromatic N) is 5. The molecule has 2 fully saturated rings. The maximum Gasteiger partial charge on any atom is 0.307 e. The number of aryl methyl sites for hydroxylation is 2. The molecule has 2 amide bonds. The Labute approximate surface area is 551 Å². The minimum atomic E-state index is -0.240. The lowest BCUT2D eigenvalue weighted by Gasteiger charge is -2.36. The number of carbonyl (C=O) groups excluding carboxylic acids is 4. The molecular weight excluding hydrogens is 1220 g/mol. The van der Waals surface area contributed by atoms with E-state index in [1.54, 1.807) is 4.90 Å². The number of nitrogens with one attached hydrogen (secondary N) is 1. The smallest absolute Gasteiger partial charge is 0.307 e. The van der Waals surface area contributed by atoms with E-state index in [0.29, 0.717) is 65.4 Å². The molecule has 0 saturated carbocycles. The van der Waals surface area contributed by atoms with Gasteiger partial charge in [-0.3, -0.25) is 33.9 Å². The predicted molar refractivity (Wildman–Crippen MR) is 365 cm³/mol. The number of alkyl halides is 1. The van der Waals surface area contributed by atoms with Crippen LogP contribution in [0.1, 0.15) is 174 Å². The zero-order valence-corrected chi connectivity index (χ0v) is 55.5. The third-order valence-electron chi connectivity index (χ3n) is 16.3. The van der Waals surface area contributed by atoms with Crippen molar-refractivity contribution in [2.45, 2.75) is 175 Å². The highest BCUT2D eigenvalue weighted by Gasteiger charge is 2.27. The van der Waals surface area contributed by atoms with Crippen LogP contribution >= 0.6 is 58.0 Å². The van der Waals surface area contributed by atoms with Crippen LogP contribution in [0, 0.1) is 0 Å². The molecule has 4 aliphatic heterocycles. The van der Waals surface area contributed by atoms with E-state index in [1.807, 2.05) is 66.7 Å². The van der Waals surface area contributed by atoms with Crippen LogP contribution in [0.15, 0.2) is 72.8 Å². The fourth-order valence-electron chi connectivity index (χ4n) is 11.1. The van der Waals surface area contributed by atoms with Crippen molar-refractivity contribution < 1.29 is 38.1 Å². The second-order valence-corrected chi connectivity index (χ2v) is 24.7. The Morgan fingerprint density at radius 1 is 0.500 bits per heavy atom. The van der Waals surface area contributed by atoms with Crippen molar-refractivity contribution in [1.29, 1.82) is 0 Å². The van der Waals surface area contributed by atoms with Gasteiger partial charge in [-0.1, -0.05) is 181 Å². The number of benzene rings is 4. The molecule has 0 radical (unpaired) electrons. The summed E-state index contributed by atoms with van der Waals surface area (Å²) in [6.45, 7) is 15.6. The summed E-state index contributed by atoms with van der Waals surface area (Å²) in [5.74, 6) is 1.20. The minimum Gasteiger partial charge on any atom is -0.494 e. The maximum absolute atomic E-state index is 12.7. The monoisotopic (exact) mass is 1310 g/mol. The third kappa shape index (κ3) is 26.3. The number of hydrogen-bond donors (Lipinski definition) is 1. The van der Waals surface area contributed by atoms with E-state index in [2.05, 4.69) is 49.6 Å². The average molecular weight is 1320 g/mol. The molecule has 4 aliphatic rings. The van der Waals surface area contributed by atoms with Gasteiger partial charge in [0.25, 0.3) is 0 Å². The number of anilines is 4. The second-order valence-electron chi connectivity index (χ2n) is 22.9. The SMILES string of the molecule is C.CCCCCCCCCC(=O)OCCl.CCCCCCCCCC(=O)OCN1C(=O)CCc2ccc(OCCCCN3CCN(c4cccc(Cl)c4Cl)CC3)cc21.O=C1CCc2ccc(OCCCCN3CCN(c4cccc(Cl)c4Cl)CC3)cc2N1. The van der Waals surface area contributed by atoms with Crippen LogP contribution < -0.4 is 29.5 Å². The lowest BCUT2D eigenvalue weighted by Crippen LogP contribution is -2.46. The Morgan fingerprint density at radius 3 is 1.48 bits per heavy atom. The van der Waals surface area contributed by atoms with E-state index in [1.165, 1.54) is 63.4 Å². The average Bonchev–Trinajstić information content (AvgIpc) is 2.64. The normalized spacial score (nSPS) is 14.9. The molecule has 19 heteroatoms. The molecule has 488 valence electrons. The number of rotatable bonds is 33. The number of amides is 2. The Morgan fingerprint density at radius 2 is 0.966 bits per heavy atom. The summed E-state index contributed by atoms with van der Waals surface area (Å²) >= 11 is 30.4. The van der Waals surface area contributed by atoms with E-state index < -0.39 is 0 Å². The van der Waals surface area contributed by atoms with Crippen LogP contribution in [-0.4, -0.2) is 125 Å².